The van der Waals surface area contributed by atoms with Gasteiger partial charge >= 0.3 is 0 Å². The van der Waals surface area contributed by atoms with Gasteiger partial charge < -0.3 is 15.4 Å². The van der Waals surface area contributed by atoms with Crippen LogP contribution in [0.3, 0.4) is 0 Å². The van der Waals surface area contributed by atoms with Crippen molar-refractivity contribution in [1.82, 2.24) is 25.4 Å². The number of carbonyl (C=O) groups excluding carboxylic acids is 1. The molecule has 25 heavy (non-hydrogen) atoms. The van der Waals surface area contributed by atoms with Crippen molar-refractivity contribution in [3.05, 3.63) is 41.3 Å². The fraction of sp³-hybridized carbons (Fsp3) is 0.438. The molecule has 0 spiro atoms. The van der Waals surface area contributed by atoms with E-state index in [4.69, 9.17) is 4.74 Å². The van der Waals surface area contributed by atoms with E-state index < -0.39 is 0 Å². The van der Waals surface area contributed by atoms with Crippen LogP contribution in [0.4, 0.5) is 0 Å². The van der Waals surface area contributed by atoms with Crippen molar-refractivity contribution >= 4 is 30.7 Å². The van der Waals surface area contributed by atoms with Crippen LogP contribution in [0.25, 0.3) is 5.82 Å². The van der Waals surface area contributed by atoms with Crippen molar-refractivity contribution < 1.29 is 9.53 Å². The zero-order valence-electron chi connectivity index (χ0n) is 14.6. The van der Waals surface area contributed by atoms with Gasteiger partial charge in [0.15, 0.2) is 5.82 Å². The van der Waals surface area contributed by atoms with Crippen molar-refractivity contribution in [1.29, 1.82) is 0 Å². The van der Waals surface area contributed by atoms with Crippen LogP contribution < -0.4 is 10.6 Å². The van der Waals surface area contributed by atoms with Gasteiger partial charge in [-0.2, -0.15) is 5.10 Å². The number of nitrogens with zero attached hydrogens (tertiary/aromatic N) is 3. The average Bonchev–Trinajstić information content (AvgIpc) is 2.88. The molecule has 2 aromatic heterocycles. The van der Waals surface area contributed by atoms with Crippen molar-refractivity contribution in [2.45, 2.75) is 20.4 Å². The number of carbonyl (C=O) groups is 1. The largest absolute Gasteiger partial charge is 0.383 e. The van der Waals surface area contributed by atoms with Crippen molar-refractivity contribution in [3.8, 4) is 5.82 Å². The van der Waals surface area contributed by atoms with Crippen LogP contribution in [-0.2, 0) is 16.1 Å². The van der Waals surface area contributed by atoms with Gasteiger partial charge in [-0.3, -0.25) is 4.79 Å². The van der Waals surface area contributed by atoms with Gasteiger partial charge in [0.2, 0.25) is 5.91 Å². The summed E-state index contributed by atoms with van der Waals surface area (Å²) in [4.78, 5) is 16.1. The van der Waals surface area contributed by atoms with E-state index in [0.29, 0.717) is 19.7 Å². The molecule has 0 aliphatic carbocycles. The van der Waals surface area contributed by atoms with Crippen molar-refractivity contribution in [2.24, 2.45) is 0 Å². The molecule has 7 nitrogen and oxygen atoms in total. The van der Waals surface area contributed by atoms with E-state index in [1.54, 1.807) is 18.0 Å². The maximum atomic E-state index is 11.7. The zero-order chi connectivity index (χ0) is 16.7. The molecule has 0 saturated carbocycles. The first-order chi connectivity index (χ1) is 11.1. The predicted molar refractivity (Wildman–Crippen MR) is 102 cm³/mol. The Morgan fingerprint density at radius 2 is 2.04 bits per heavy atom. The minimum atomic E-state index is -0.0521. The number of ether oxygens (including phenoxy) is 1. The summed E-state index contributed by atoms with van der Waals surface area (Å²) in [5.41, 5.74) is 2.94. The molecule has 0 fully saturated rings. The average molecular weight is 390 g/mol. The summed E-state index contributed by atoms with van der Waals surface area (Å²) in [5, 5.41) is 10.2. The highest BCUT2D eigenvalue weighted by molar-refractivity contribution is 5.85. The number of pyridine rings is 1. The molecular weight excluding hydrogens is 365 g/mol. The van der Waals surface area contributed by atoms with Gasteiger partial charge in [-0.1, -0.05) is 6.07 Å². The number of rotatable bonds is 8. The summed E-state index contributed by atoms with van der Waals surface area (Å²) in [6.45, 7) is 5.92. The Morgan fingerprint density at radius 3 is 2.60 bits per heavy atom. The van der Waals surface area contributed by atoms with Gasteiger partial charge in [-0.05, 0) is 31.5 Å². The number of hydrogen-bond acceptors (Lipinski definition) is 5. The van der Waals surface area contributed by atoms with Crippen molar-refractivity contribution in [3.63, 3.8) is 0 Å². The standard InChI is InChI=1S/C16H23N5O2.2ClH/c1-12-8-13(2)21(20-12)15-5-4-14(9-18-15)10-19-16(22)11-17-6-7-23-3;;/h4-5,8-9,17H,6-7,10-11H2,1-3H3,(H,19,22);2*1H. The first kappa shape index (κ1) is 23.3. The maximum Gasteiger partial charge on any atom is 0.234 e. The number of hydrogen-bond donors (Lipinski definition) is 2. The number of methoxy groups -OCH3 is 1. The number of nitrogens with one attached hydrogen (secondary N) is 2. The molecule has 140 valence electrons. The van der Waals surface area contributed by atoms with E-state index in [1.807, 2.05) is 32.0 Å². The van der Waals surface area contributed by atoms with Crippen LogP contribution >= 0.6 is 24.8 Å². The van der Waals surface area contributed by atoms with E-state index in [-0.39, 0.29) is 37.3 Å². The third kappa shape index (κ3) is 7.39. The quantitative estimate of drug-likeness (QED) is 0.669. The van der Waals surface area contributed by atoms with Crippen LogP contribution in [0.1, 0.15) is 17.0 Å². The zero-order valence-corrected chi connectivity index (χ0v) is 16.2. The molecule has 2 rings (SSSR count). The molecular formula is C16H25Cl2N5O2. The Labute approximate surface area is 160 Å². The van der Waals surface area contributed by atoms with Crippen LogP contribution in [0.15, 0.2) is 24.4 Å². The van der Waals surface area contributed by atoms with Crippen LogP contribution in [0.2, 0.25) is 0 Å². The Morgan fingerprint density at radius 1 is 1.28 bits per heavy atom. The summed E-state index contributed by atoms with van der Waals surface area (Å²) in [6.07, 6.45) is 1.75. The van der Waals surface area contributed by atoms with E-state index >= 15 is 0 Å². The van der Waals surface area contributed by atoms with Crippen LogP contribution in [0.5, 0.6) is 0 Å². The molecule has 0 aromatic carbocycles. The molecule has 2 N–H and O–H groups in total. The normalized spacial score (nSPS) is 9.88. The Hall–Kier alpha value is -1.67. The Balaban J connectivity index is 0.00000288. The minimum Gasteiger partial charge on any atom is -0.383 e. The summed E-state index contributed by atoms with van der Waals surface area (Å²) < 4.78 is 6.70. The third-order valence-electron chi connectivity index (χ3n) is 3.29. The summed E-state index contributed by atoms with van der Waals surface area (Å²) in [7, 11) is 1.63. The molecule has 0 unspecified atom stereocenters. The van der Waals surface area contributed by atoms with E-state index in [9.17, 15) is 4.79 Å². The van der Waals surface area contributed by atoms with Gasteiger partial charge in [0.25, 0.3) is 0 Å². The lowest BCUT2D eigenvalue weighted by atomic mass is 10.3. The number of halogens is 2. The highest BCUT2D eigenvalue weighted by atomic mass is 35.5. The van der Waals surface area contributed by atoms with E-state index in [2.05, 4.69) is 20.7 Å². The predicted octanol–water partition coefficient (Wildman–Crippen LogP) is 1.58. The van der Waals surface area contributed by atoms with Gasteiger partial charge in [0, 0.05) is 32.1 Å². The van der Waals surface area contributed by atoms with Crippen LogP contribution in [0, 0.1) is 13.8 Å². The maximum absolute atomic E-state index is 11.7. The number of amides is 1. The molecule has 0 saturated heterocycles. The lowest BCUT2D eigenvalue weighted by molar-refractivity contribution is -0.120. The molecule has 0 radical (unpaired) electrons. The second kappa shape index (κ2) is 11.8. The number of aryl methyl sites for hydroxylation is 2. The number of aromatic nitrogens is 3. The fourth-order valence-corrected chi connectivity index (χ4v) is 2.15. The lowest BCUT2D eigenvalue weighted by Gasteiger charge is -2.08. The van der Waals surface area contributed by atoms with Crippen molar-refractivity contribution in [2.75, 3.05) is 26.8 Å². The van der Waals surface area contributed by atoms with Gasteiger partial charge in [-0.15, -0.1) is 24.8 Å². The smallest absolute Gasteiger partial charge is 0.234 e. The Kier molecular flexibility index (Phi) is 11.0. The highest BCUT2D eigenvalue weighted by Gasteiger charge is 2.05. The first-order valence-electron chi connectivity index (χ1n) is 7.55. The topological polar surface area (TPSA) is 81.1 Å². The molecule has 2 aromatic rings. The molecule has 0 aliphatic heterocycles. The molecule has 0 atom stereocenters. The van der Waals surface area contributed by atoms with Gasteiger partial charge in [0.05, 0.1) is 18.8 Å². The molecule has 1 amide bonds. The summed E-state index contributed by atoms with van der Waals surface area (Å²) >= 11 is 0. The molecule has 2 heterocycles. The van der Waals surface area contributed by atoms with E-state index in [1.165, 1.54) is 0 Å². The summed E-state index contributed by atoms with van der Waals surface area (Å²) in [6, 6.07) is 5.85. The second-order valence-electron chi connectivity index (χ2n) is 5.31. The second-order valence-corrected chi connectivity index (χ2v) is 5.31. The highest BCUT2D eigenvalue weighted by Crippen LogP contribution is 2.10. The first-order valence-corrected chi connectivity index (χ1v) is 7.55. The van der Waals surface area contributed by atoms with Gasteiger partial charge in [0.1, 0.15) is 0 Å². The molecule has 0 aliphatic rings. The SMILES string of the molecule is COCCNCC(=O)NCc1ccc(-n2nc(C)cc2C)nc1.Cl.Cl. The van der Waals surface area contributed by atoms with Crippen LogP contribution in [-0.4, -0.2) is 47.5 Å². The Bertz CT molecular complexity index is 646. The minimum absolute atomic E-state index is 0. The monoisotopic (exact) mass is 389 g/mol. The summed E-state index contributed by atoms with van der Waals surface area (Å²) in [5.74, 6) is 0.718. The lowest BCUT2D eigenvalue weighted by Crippen LogP contribution is -2.34. The van der Waals surface area contributed by atoms with Gasteiger partial charge in [-0.25, -0.2) is 9.67 Å². The van der Waals surface area contributed by atoms with E-state index in [0.717, 1.165) is 22.8 Å². The molecule has 9 heteroatoms. The third-order valence-corrected chi connectivity index (χ3v) is 3.29. The fourth-order valence-electron chi connectivity index (χ4n) is 2.15. The molecule has 0 bridgehead atoms.